The molecule has 0 aliphatic carbocycles. The molecule has 0 fully saturated rings. The number of hydrogen-bond donors (Lipinski definition) is 1. The minimum Gasteiger partial charge on any atom is -0.491 e. The van der Waals surface area contributed by atoms with Gasteiger partial charge in [0.15, 0.2) is 0 Å². The van der Waals surface area contributed by atoms with Crippen LogP contribution in [0.25, 0.3) is 0 Å². The predicted octanol–water partition coefficient (Wildman–Crippen LogP) is 2.80. The molecule has 7 heteroatoms. The van der Waals surface area contributed by atoms with Crippen molar-refractivity contribution in [2.24, 2.45) is 5.73 Å². The van der Waals surface area contributed by atoms with Gasteiger partial charge in [-0.15, -0.1) is 0 Å². The molecule has 0 saturated heterocycles. The number of hydrogen-bond acceptors (Lipinski definition) is 3. The van der Waals surface area contributed by atoms with Crippen LogP contribution in [0.3, 0.4) is 0 Å². The third-order valence-corrected chi connectivity index (χ3v) is 2.22. The van der Waals surface area contributed by atoms with Gasteiger partial charge in [0.05, 0.1) is 6.61 Å². The Labute approximate surface area is 108 Å². The molecular weight excluding hydrogens is 266 g/mol. The fourth-order valence-electron chi connectivity index (χ4n) is 1.37. The van der Waals surface area contributed by atoms with Crippen molar-refractivity contribution in [1.29, 1.82) is 0 Å². The molecule has 0 radical (unpaired) electrons. The monoisotopic (exact) mass is 281 g/mol. The standard InChI is InChI=1S/C12H15F4NO2/c1-8(17)10-3-2-9(6-11(10)13)19-5-4-18-7-12(14,15)16/h2-3,6,8H,4-5,7,17H2,1H3. The Kier molecular flexibility index (Phi) is 5.56. The van der Waals surface area contributed by atoms with E-state index in [2.05, 4.69) is 4.74 Å². The first-order valence-electron chi connectivity index (χ1n) is 5.62. The van der Waals surface area contributed by atoms with E-state index in [0.29, 0.717) is 5.56 Å². The Balaban J connectivity index is 2.36. The molecule has 0 spiro atoms. The molecule has 0 aromatic heterocycles. The van der Waals surface area contributed by atoms with Crippen LogP contribution < -0.4 is 10.5 Å². The number of benzene rings is 1. The highest BCUT2D eigenvalue weighted by Gasteiger charge is 2.27. The number of ether oxygens (including phenoxy) is 2. The topological polar surface area (TPSA) is 44.5 Å². The highest BCUT2D eigenvalue weighted by Crippen LogP contribution is 2.20. The molecule has 1 aromatic rings. The molecule has 19 heavy (non-hydrogen) atoms. The maximum atomic E-state index is 13.5. The van der Waals surface area contributed by atoms with Gasteiger partial charge in [0.2, 0.25) is 0 Å². The van der Waals surface area contributed by atoms with Gasteiger partial charge in [-0.05, 0) is 13.0 Å². The zero-order chi connectivity index (χ0) is 14.5. The van der Waals surface area contributed by atoms with Crippen LogP contribution in [0.4, 0.5) is 17.6 Å². The summed E-state index contributed by atoms with van der Waals surface area (Å²) in [6.45, 7) is 0.00147. The zero-order valence-electron chi connectivity index (χ0n) is 10.3. The highest BCUT2D eigenvalue weighted by molar-refractivity contribution is 5.30. The van der Waals surface area contributed by atoms with Gasteiger partial charge in [-0.3, -0.25) is 0 Å². The summed E-state index contributed by atoms with van der Waals surface area (Å²) in [6.07, 6.45) is -4.36. The van der Waals surface area contributed by atoms with Crippen LogP contribution >= 0.6 is 0 Å². The molecular formula is C12H15F4NO2. The molecule has 0 amide bonds. The summed E-state index contributed by atoms with van der Waals surface area (Å²) < 4.78 is 58.2. The van der Waals surface area contributed by atoms with E-state index in [1.165, 1.54) is 12.1 Å². The summed E-state index contributed by atoms with van der Waals surface area (Å²) in [4.78, 5) is 0. The molecule has 1 rings (SSSR count). The van der Waals surface area contributed by atoms with Crippen molar-refractivity contribution in [2.75, 3.05) is 19.8 Å². The van der Waals surface area contributed by atoms with E-state index in [-0.39, 0.29) is 19.0 Å². The molecule has 0 aliphatic heterocycles. The lowest BCUT2D eigenvalue weighted by Gasteiger charge is -2.11. The van der Waals surface area contributed by atoms with Crippen LogP contribution in [0.1, 0.15) is 18.5 Å². The van der Waals surface area contributed by atoms with Crippen LogP contribution in [0.5, 0.6) is 5.75 Å². The predicted molar refractivity (Wildman–Crippen MR) is 61.4 cm³/mol. The molecule has 1 atom stereocenters. The number of halogens is 4. The molecule has 0 saturated carbocycles. The summed E-state index contributed by atoms with van der Waals surface area (Å²) in [5.41, 5.74) is 5.89. The van der Waals surface area contributed by atoms with Gasteiger partial charge in [0, 0.05) is 17.7 Å². The van der Waals surface area contributed by atoms with Crippen molar-refractivity contribution in [3.8, 4) is 5.75 Å². The average molecular weight is 281 g/mol. The van der Waals surface area contributed by atoms with E-state index in [1.54, 1.807) is 6.92 Å². The third kappa shape index (κ3) is 5.89. The summed E-state index contributed by atoms with van der Waals surface area (Å²) in [5.74, 6) is -0.291. The quantitative estimate of drug-likeness (QED) is 0.644. The smallest absolute Gasteiger partial charge is 0.411 e. The second kappa shape index (κ2) is 6.72. The highest BCUT2D eigenvalue weighted by atomic mass is 19.4. The minimum absolute atomic E-state index is 0.0902. The van der Waals surface area contributed by atoms with Gasteiger partial charge in [0.25, 0.3) is 0 Å². The SMILES string of the molecule is CC(N)c1ccc(OCCOCC(F)(F)F)cc1F. The van der Waals surface area contributed by atoms with Crippen LogP contribution in [0, 0.1) is 5.82 Å². The number of alkyl halides is 3. The average Bonchev–Trinajstić information content (AvgIpc) is 2.26. The van der Waals surface area contributed by atoms with Crippen molar-refractivity contribution < 1.29 is 27.0 Å². The Hall–Kier alpha value is -1.34. The van der Waals surface area contributed by atoms with Gasteiger partial charge in [-0.1, -0.05) is 6.07 Å². The Morgan fingerprint density at radius 1 is 1.26 bits per heavy atom. The number of rotatable bonds is 6. The summed E-state index contributed by atoms with van der Waals surface area (Å²) >= 11 is 0. The molecule has 0 aliphatic rings. The molecule has 3 nitrogen and oxygen atoms in total. The van der Waals surface area contributed by atoms with Crippen LogP contribution in [0.15, 0.2) is 18.2 Å². The van der Waals surface area contributed by atoms with Gasteiger partial charge in [-0.2, -0.15) is 13.2 Å². The van der Waals surface area contributed by atoms with Crippen LogP contribution in [-0.2, 0) is 4.74 Å². The fraction of sp³-hybridized carbons (Fsp3) is 0.500. The first-order valence-corrected chi connectivity index (χ1v) is 5.62. The normalized spacial score (nSPS) is 13.4. The largest absolute Gasteiger partial charge is 0.491 e. The first kappa shape index (κ1) is 15.7. The van der Waals surface area contributed by atoms with Gasteiger partial charge in [-0.25, -0.2) is 4.39 Å². The van der Waals surface area contributed by atoms with Crippen LogP contribution in [-0.4, -0.2) is 26.0 Å². The van der Waals surface area contributed by atoms with Crippen molar-refractivity contribution in [1.82, 2.24) is 0 Å². The van der Waals surface area contributed by atoms with Gasteiger partial charge < -0.3 is 15.2 Å². The minimum atomic E-state index is -4.36. The van der Waals surface area contributed by atoms with Crippen molar-refractivity contribution in [2.45, 2.75) is 19.1 Å². The van der Waals surface area contributed by atoms with Crippen molar-refractivity contribution in [3.63, 3.8) is 0 Å². The Morgan fingerprint density at radius 3 is 2.47 bits per heavy atom. The number of nitrogens with two attached hydrogens (primary N) is 1. The van der Waals surface area contributed by atoms with Crippen molar-refractivity contribution in [3.05, 3.63) is 29.6 Å². The molecule has 1 unspecified atom stereocenters. The van der Waals surface area contributed by atoms with Gasteiger partial charge in [0.1, 0.15) is 24.8 Å². The zero-order valence-corrected chi connectivity index (χ0v) is 10.3. The first-order chi connectivity index (χ1) is 8.79. The summed E-state index contributed by atoms with van der Waals surface area (Å²) in [7, 11) is 0. The van der Waals surface area contributed by atoms with E-state index in [4.69, 9.17) is 10.5 Å². The molecule has 0 bridgehead atoms. The van der Waals surface area contributed by atoms with E-state index in [9.17, 15) is 17.6 Å². The second-order valence-corrected chi connectivity index (χ2v) is 3.99. The van der Waals surface area contributed by atoms with Gasteiger partial charge >= 0.3 is 6.18 Å². The molecule has 1 aromatic carbocycles. The van der Waals surface area contributed by atoms with Crippen molar-refractivity contribution >= 4 is 0 Å². The lowest BCUT2D eigenvalue weighted by molar-refractivity contribution is -0.175. The Bertz CT molecular complexity index is 407. The maximum Gasteiger partial charge on any atom is 0.411 e. The maximum absolute atomic E-state index is 13.5. The Morgan fingerprint density at radius 2 is 1.95 bits per heavy atom. The third-order valence-electron chi connectivity index (χ3n) is 2.22. The van der Waals surface area contributed by atoms with E-state index in [1.807, 2.05) is 0 Å². The molecule has 108 valence electrons. The van der Waals surface area contributed by atoms with E-state index < -0.39 is 24.6 Å². The van der Waals surface area contributed by atoms with E-state index >= 15 is 0 Å². The van der Waals surface area contributed by atoms with Crippen LogP contribution in [0.2, 0.25) is 0 Å². The van der Waals surface area contributed by atoms with E-state index in [0.717, 1.165) is 6.07 Å². The molecule has 0 heterocycles. The summed E-state index contributed by atoms with van der Waals surface area (Å²) in [5, 5.41) is 0. The lowest BCUT2D eigenvalue weighted by atomic mass is 10.1. The lowest BCUT2D eigenvalue weighted by Crippen LogP contribution is -2.19. The molecule has 2 N–H and O–H groups in total. The summed E-state index contributed by atoms with van der Waals surface area (Å²) in [6, 6.07) is 3.68. The second-order valence-electron chi connectivity index (χ2n) is 3.99. The fourth-order valence-corrected chi connectivity index (χ4v) is 1.37.